The molecule has 2 rings (SSSR count). The van der Waals surface area contributed by atoms with Gasteiger partial charge in [0.15, 0.2) is 0 Å². The number of carbonyl (C=O) groups is 4. The van der Waals surface area contributed by atoms with E-state index >= 15 is 0 Å². The first-order valence-electron chi connectivity index (χ1n) is 10.4. The number of nitrogens with one attached hydrogen (secondary N) is 3. The van der Waals surface area contributed by atoms with Gasteiger partial charge in [-0.2, -0.15) is 11.8 Å². The monoisotopic (exact) mass is 535 g/mol. The summed E-state index contributed by atoms with van der Waals surface area (Å²) < 4.78 is 49.7. The van der Waals surface area contributed by atoms with Crippen LogP contribution in [0.2, 0.25) is 0 Å². The Morgan fingerprint density at radius 2 is 1.94 bits per heavy atom. The van der Waals surface area contributed by atoms with Crippen LogP contribution in [0, 0.1) is 11.6 Å². The van der Waals surface area contributed by atoms with Gasteiger partial charge in [0.2, 0.25) is 17.7 Å². The van der Waals surface area contributed by atoms with Crippen LogP contribution in [0.1, 0.15) is 12.8 Å². The minimum atomic E-state index is -3.42. The summed E-state index contributed by atoms with van der Waals surface area (Å²) in [6.07, 6.45) is 2.41. The Morgan fingerprint density at radius 3 is 2.51 bits per heavy atom. The lowest BCUT2D eigenvalue weighted by Gasteiger charge is -2.25. The van der Waals surface area contributed by atoms with E-state index in [0.717, 1.165) is 18.4 Å². The zero-order valence-electron chi connectivity index (χ0n) is 19.0. The van der Waals surface area contributed by atoms with E-state index < -0.39 is 63.3 Å². The van der Waals surface area contributed by atoms with Gasteiger partial charge in [-0.3, -0.25) is 14.4 Å². The highest BCUT2D eigenvalue weighted by molar-refractivity contribution is 7.99. The zero-order chi connectivity index (χ0) is 26.3. The van der Waals surface area contributed by atoms with Crippen LogP contribution in [-0.2, 0) is 24.2 Å². The number of sulfone groups is 1. The number of rotatable bonds is 10. The van der Waals surface area contributed by atoms with E-state index in [1.807, 2.05) is 0 Å². The third-order valence-corrected chi connectivity index (χ3v) is 6.66. The van der Waals surface area contributed by atoms with Crippen LogP contribution in [0.15, 0.2) is 18.2 Å². The Kier molecular flexibility index (Phi) is 9.82. The average Bonchev–Trinajstić information content (AvgIpc) is 3.16. The number of halogens is 2. The molecule has 0 bridgehead atoms. The molecule has 1 saturated heterocycles. The Bertz CT molecular complexity index is 1090. The molecule has 5 amide bonds. The summed E-state index contributed by atoms with van der Waals surface area (Å²) in [5.74, 6) is -4.18. The SMILES string of the molecule is CSCC(=O)N1C[C@@H](NC(=O)Nc2ccc(F)cc2F)C[C@H]1C(=O)N[C@@H](CCS(C)(=O)=O)C(N)=O. The Morgan fingerprint density at radius 1 is 1.26 bits per heavy atom. The number of nitrogens with two attached hydrogens (primary N) is 1. The highest BCUT2D eigenvalue weighted by atomic mass is 32.2. The molecule has 1 aromatic carbocycles. The van der Waals surface area contributed by atoms with Crippen LogP contribution >= 0.6 is 11.8 Å². The molecule has 1 aliphatic rings. The van der Waals surface area contributed by atoms with Crippen molar-refractivity contribution >= 4 is 51.0 Å². The number of hydrogen-bond acceptors (Lipinski definition) is 7. The largest absolute Gasteiger partial charge is 0.368 e. The summed E-state index contributed by atoms with van der Waals surface area (Å²) in [5.41, 5.74) is 5.03. The van der Waals surface area contributed by atoms with Gasteiger partial charge in [0.05, 0.1) is 23.2 Å². The molecule has 194 valence electrons. The average molecular weight is 536 g/mol. The molecule has 1 fully saturated rings. The Labute approximate surface area is 205 Å². The van der Waals surface area contributed by atoms with Crippen molar-refractivity contribution in [2.75, 3.05) is 35.9 Å². The minimum Gasteiger partial charge on any atom is -0.368 e. The van der Waals surface area contributed by atoms with Crippen molar-refractivity contribution in [3.63, 3.8) is 0 Å². The number of likely N-dealkylation sites (tertiary alicyclic amines) is 1. The summed E-state index contributed by atoms with van der Waals surface area (Å²) >= 11 is 1.22. The van der Waals surface area contributed by atoms with Crippen molar-refractivity contribution in [3.05, 3.63) is 29.8 Å². The van der Waals surface area contributed by atoms with E-state index in [2.05, 4.69) is 16.0 Å². The summed E-state index contributed by atoms with van der Waals surface area (Å²) in [4.78, 5) is 50.8. The molecule has 11 nitrogen and oxygen atoms in total. The maximum atomic E-state index is 13.8. The number of carbonyl (C=O) groups excluding carboxylic acids is 4. The smallest absolute Gasteiger partial charge is 0.319 e. The van der Waals surface area contributed by atoms with Gasteiger partial charge in [-0.25, -0.2) is 22.0 Å². The lowest BCUT2D eigenvalue weighted by atomic mass is 10.1. The first-order chi connectivity index (χ1) is 16.3. The lowest BCUT2D eigenvalue weighted by molar-refractivity contribution is -0.137. The molecule has 35 heavy (non-hydrogen) atoms. The number of hydrogen-bond donors (Lipinski definition) is 4. The molecule has 3 atom stereocenters. The normalized spacial score (nSPS) is 18.6. The standard InChI is InChI=1S/C20H27F2N5O6S2/c1-34-10-17(28)27-9-12(24-20(31)26-14-4-3-11(21)7-13(14)22)8-16(27)19(30)25-15(18(23)29)5-6-35(2,32)33/h3-4,7,12,15-16H,5-6,8-10H2,1-2H3,(H2,23,29)(H,25,30)(H2,24,26,31)/t12-,15-,16-/m0/s1. The molecule has 5 N–H and O–H groups in total. The van der Waals surface area contributed by atoms with Gasteiger partial charge in [0.25, 0.3) is 0 Å². The second-order valence-electron chi connectivity index (χ2n) is 8.03. The van der Waals surface area contributed by atoms with Crippen LogP contribution in [0.4, 0.5) is 19.3 Å². The van der Waals surface area contributed by atoms with Gasteiger partial charge >= 0.3 is 6.03 Å². The molecule has 0 aliphatic carbocycles. The molecular formula is C20H27F2N5O6S2. The molecule has 0 saturated carbocycles. The second-order valence-corrected chi connectivity index (χ2v) is 11.2. The van der Waals surface area contributed by atoms with Crippen molar-refractivity contribution in [1.29, 1.82) is 0 Å². The van der Waals surface area contributed by atoms with E-state index in [9.17, 15) is 36.4 Å². The number of urea groups is 1. The summed E-state index contributed by atoms with van der Waals surface area (Å²) in [6, 6.07) is -1.26. The topological polar surface area (TPSA) is 168 Å². The fourth-order valence-electron chi connectivity index (χ4n) is 3.49. The predicted molar refractivity (Wildman–Crippen MR) is 126 cm³/mol. The predicted octanol–water partition coefficient (Wildman–Crippen LogP) is -0.176. The summed E-state index contributed by atoms with van der Waals surface area (Å²) in [5, 5.41) is 7.17. The van der Waals surface area contributed by atoms with Crippen molar-refractivity contribution < 1.29 is 36.4 Å². The van der Waals surface area contributed by atoms with Gasteiger partial charge in [-0.15, -0.1) is 0 Å². The number of anilines is 1. The van der Waals surface area contributed by atoms with E-state index in [4.69, 9.17) is 5.73 Å². The fourth-order valence-corrected chi connectivity index (χ4v) is 4.57. The second kappa shape index (κ2) is 12.2. The lowest BCUT2D eigenvalue weighted by Crippen LogP contribution is -2.52. The van der Waals surface area contributed by atoms with E-state index in [1.54, 1.807) is 6.26 Å². The summed E-state index contributed by atoms with van der Waals surface area (Å²) in [7, 11) is -3.42. The summed E-state index contributed by atoms with van der Waals surface area (Å²) in [6.45, 7) is -0.0403. The Balaban J connectivity index is 2.10. The van der Waals surface area contributed by atoms with Gasteiger partial charge in [-0.1, -0.05) is 0 Å². The molecule has 0 radical (unpaired) electrons. The van der Waals surface area contributed by atoms with Crippen molar-refractivity contribution in [1.82, 2.24) is 15.5 Å². The number of primary amides is 1. The molecule has 1 heterocycles. The third kappa shape index (κ3) is 8.65. The first-order valence-corrected chi connectivity index (χ1v) is 13.8. The Hall–Kier alpha value is -2.94. The molecule has 15 heteroatoms. The number of nitrogens with zero attached hydrogens (tertiary/aromatic N) is 1. The maximum absolute atomic E-state index is 13.8. The van der Waals surface area contributed by atoms with Crippen LogP contribution in [-0.4, -0.2) is 85.8 Å². The van der Waals surface area contributed by atoms with Crippen molar-refractivity contribution in [3.8, 4) is 0 Å². The van der Waals surface area contributed by atoms with E-state index in [0.29, 0.717) is 6.07 Å². The highest BCUT2D eigenvalue weighted by Gasteiger charge is 2.41. The van der Waals surface area contributed by atoms with Gasteiger partial charge in [0.1, 0.15) is 33.6 Å². The molecule has 1 aromatic rings. The maximum Gasteiger partial charge on any atom is 0.319 e. The molecular weight excluding hydrogens is 508 g/mol. The number of thioether (sulfide) groups is 1. The van der Waals surface area contributed by atoms with Gasteiger partial charge < -0.3 is 26.6 Å². The number of benzene rings is 1. The zero-order valence-corrected chi connectivity index (χ0v) is 20.7. The minimum absolute atomic E-state index is 0.0250. The van der Waals surface area contributed by atoms with Crippen molar-refractivity contribution in [2.45, 2.75) is 31.0 Å². The first kappa shape index (κ1) is 28.3. The van der Waals surface area contributed by atoms with Crippen LogP contribution in [0.25, 0.3) is 0 Å². The van der Waals surface area contributed by atoms with E-state index in [-0.39, 0.29) is 36.6 Å². The molecule has 1 aliphatic heterocycles. The highest BCUT2D eigenvalue weighted by Crippen LogP contribution is 2.21. The molecule has 0 spiro atoms. The van der Waals surface area contributed by atoms with Crippen LogP contribution in [0.3, 0.4) is 0 Å². The van der Waals surface area contributed by atoms with Crippen molar-refractivity contribution in [2.24, 2.45) is 5.73 Å². The van der Waals surface area contributed by atoms with Gasteiger partial charge in [-0.05, 0) is 31.2 Å². The fraction of sp³-hybridized carbons (Fsp3) is 0.500. The third-order valence-electron chi connectivity index (χ3n) is 5.14. The van der Waals surface area contributed by atoms with E-state index in [1.165, 1.54) is 16.7 Å². The molecule has 0 unspecified atom stereocenters. The quantitative estimate of drug-likeness (QED) is 0.322. The van der Waals surface area contributed by atoms with Crippen LogP contribution < -0.4 is 21.7 Å². The van der Waals surface area contributed by atoms with Gasteiger partial charge in [0, 0.05) is 18.9 Å². The molecule has 0 aromatic heterocycles. The number of amides is 5. The van der Waals surface area contributed by atoms with Crippen LogP contribution in [0.5, 0.6) is 0 Å².